The van der Waals surface area contributed by atoms with E-state index in [1.165, 1.54) is 6.07 Å². The van der Waals surface area contributed by atoms with E-state index >= 15 is 0 Å². The molecule has 2 aliphatic heterocycles. The number of benzene rings is 1. The largest absolute Gasteiger partial charge is 0.466 e. The highest BCUT2D eigenvalue weighted by Gasteiger charge is 2.32. The standard InChI is InChI=1S/C20H24FN3O5/c1-2-29-20(28)13-6-8-23(9-7-13)16-5-3-4-14(21)18(16)22-15-12-17(26)24(10-11-25)19(15)27/h3-5,12-13,22,25H,2,6-11H2,1H3. The molecule has 0 unspecified atom stereocenters. The highest BCUT2D eigenvalue weighted by Crippen LogP contribution is 2.33. The normalized spacial score (nSPS) is 17.6. The van der Waals surface area contributed by atoms with Crippen molar-refractivity contribution in [3.63, 3.8) is 0 Å². The van der Waals surface area contributed by atoms with E-state index in [0.717, 1.165) is 11.0 Å². The summed E-state index contributed by atoms with van der Waals surface area (Å²) >= 11 is 0. The molecular formula is C20H24FN3O5. The Morgan fingerprint density at radius 1 is 1.31 bits per heavy atom. The summed E-state index contributed by atoms with van der Waals surface area (Å²) in [5, 5.41) is 11.8. The van der Waals surface area contributed by atoms with Gasteiger partial charge in [0.15, 0.2) is 0 Å². The number of piperidine rings is 1. The Hall–Kier alpha value is -2.94. The molecule has 9 heteroatoms. The van der Waals surface area contributed by atoms with E-state index in [0.29, 0.717) is 38.2 Å². The number of anilines is 2. The molecule has 2 heterocycles. The van der Waals surface area contributed by atoms with Gasteiger partial charge in [0.05, 0.1) is 37.1 Å². The third-order valence-electron chi connectivity index (χ3n) is 5.04. The highest BCUT2D eigenvalue weighted by molar-refractivity contribution is 6.17. The van der Waals surface area contributed by atoms with Crippen LogP contribution in [0.25, 0.3) is 0 Å². The zero-order valence-corrected chi connectivity index (χ0v) is 16.2. The molecule has 0 saturated carbocycles. The van der Waals surface area contributed by atoms with Crippen molar-refractivity contribution in [3.8, 4) is 0 Å². The summed E-state index contributed by atoms with van der Waals surface area (Å²) in [6.45, 7) is 2.70. The molecule has 1 saturated heterocycles. The Kier molecular flexibility index (Phi) is 6.48. The Labute approximate surface area is 167 Å². The molecule has 2 N–H and O–H groups in total. The number of rotatable bonds is 7. The van der Waals surface area contributed by atoms with Crippen molar-refractivity contribution in [1.29, 1.82) is 0 Å². The molecule has 0 bridgehead atoms. The van der Waals surface area contributed by atoms with E-state index in [1.807, 2.05) is 4.90 Å². The molecular weight excluding hydrogens is 381 g/mol. The SMILES string of the molecule is CCOC(=O)C1CCN(c2cccc(F)c2NC2=CC(=O)N(CCO)C2=O)CC1. The summed E-state index contributed by atoms with van der Waals surface area (Å²) in [5.74, 6) is -2.12. The first-order valence-corrected chi connectivity index (χ1v) is 9.61. The zero-order chi connectivity index (χ0) is 21.0. The summed E-state index contributed by atoms with van der Waals surface area (Å²) < 4.78 is 19.7. The van der Waals surface area contributed by atoms with Gasteiger partial charge in [-0.15, -0.1) is 0 Å². The summed E-state index contributed by atoms with van der Waals surface area (Å²) in [7, 11) is 0. The second kappa shape index (κ2) is 9.04. The van der Waals surface area contributed by atoms with Crippen LogP contribution < -0.4 is 10.2 Å². The molecule has 1 fully saturated rings. The molecule has 29 heavy (non-hydrogen) atoms. The van der Waals surface area contributed by atoms with Crippen molar-refractivity contribution >= 4 is 29.2 Å². The second-order valence-electron chi connectivity index (χ2n) is 6.85. The molecule has 0 aliphatic carbocycles. The Morgan fingerprint density at radius 2 is 2.03 bits per heavy atom. The number of β-amino-alcohol motifs (C(OH)–C–C–N with tert-alkyl or cyclic N) is 1. The minimum absolute atomic E-state index is 0.0452. The lowest BCUT2D eigenvalue weighted by Gasteiger charge is -2.34. The van der Waals surface area contributed by atoms with Gasteiger partial charge in [0.1, 0.15) is 11.5 Å². The smallest absolute Gasteiger partial charge is 0.309 e. The van der Waals surface area contributed by atoms with Crippen molar-refractivity contribution in [2.75, 3.05) is 43.1 Å². The number of nitrogens with one attached hydrogen (secondary N) is 1. The van der Waals surface area contributed by atoms with E-state index in [1.54, 1.807) is 19.1 Å². The molecule has 8 nitrogen and oxygen atoms in total. The van der Waals surface area contributed by atoms with Gasteiger partial charge in [0.2, 0.25) is 0 Å². The summed E-state index contributed by atoms with van der Waals surface area (Å²) in [6.07, 6.45) is 2.26. The van der Waals surface area contributed by atoms with Crippen molar-refractivity contribution in [3.05, 3.63) is 35.8 Å². The molecule has 0 aromatic heterocycles. The van der Waals surface area contributed by atoms with Crippen LogP contribution in [0.1, 0.15) is 19.8 Å². The number of carbonyl (C=O) groups excluding carboxylic acids is 3. The molecule has 0 radical (unpaired) electrons. The van der Waals surface area contributed by atoms with Gasteiger partial charge in [-0.05, 0) is 31.9 Å². The van der Waals surface area contributed by atoms with E-state index in [2.05, 4.69) is 5.32 Å². The Bertz CT molecular complexity index is 833. The lowest BCUT2D eigenvalue weighted by atomic mass is 9.96. The van der Waals surface area contributed by atoms with Gasteiger partial charge in [0.25, 0.3) is 11.8 Å². The third-order valence-corrected chi connectivity index (χ3v) is 5.04. The van der Waals surface area contributed by atoms with Crippen LogP contribution in [-0.4, -0.2) is 60.6 Å². The molecule has 0 atom stereocenters. The fourth-order valence-electron chi connectivity index (χ4n) is 3.56. The van der Waals surface area contributed by atoms with E-state index < -0.39 is 17.6 Å². The number of aliphatic hydroxyl groups is 1. The third kappa shape index (κ3) is 4.40. The van der Waals surface area contributed by atoms with Crippen LogP contribution in [0.5, 0.6) is 0 Å². The maximum absolute atomic E-state index is 14.6. The lowest BCUT2D eigenvalue weighted by Crippen LogP contribution is -2.37. The number of imide groups is 1. The fourth-order valence-corrected chi connectivity index (χ4v) is 3.56. The van der Waals surface area contributed by atoms with Crippen molar-refractivity contribution in [2.24, 2.45) is 5.92 Å². The number of ether oxygens (including phenoxy) is 1. The topological polar surface area (TPSA) is 99.2 Å². The van der Waals surface area contributed by atoms with Crippen LogP contribution in [0, 0.1) is 11.7 Å². The molecule has 1 aromatic carbocycles. The summed E-state index contributed by atoms with van der Waals surface area (Å²) in [5.41, 5.74) is 0.602. The number of esters is 1. The Balaban J connectivity index is 1.76. The summed E-state index contributed by atoms with van der Waals surface area (Å²) in [4.78, 5) is 39.1. The van der Waals surface area contributed by atoms with E-state index in [-0.39, 0.29) is 36.4 Å². The average molecular weight is 405 g/mol. The average Bonchev–Trinajstić information content (AvgIpc) is 2.97. The van der Waals surface area contributed by atoms with Crippen molar-refractivity contribution < 1.29 is 28.6 Å². The van der Waals surface area contributed by atoms with Crippen LogP contribution in [0.3, 0.4) is 0 Å². The lowest BCUT2D eigenvalue weighted by molar-refractivity contribution is -0.148. The van der Waals surface area contributed by atoms with Gasteiger partial charge >= 0.3 is 5.97 Å². The fraction of sp³-hybridized carbons (Fsp3) is 0.450. The van der Waals surface area contributed by atoms with Gasteiger partial charge in [0, 0.05) is 19.2 Å². The number of halogens is 1. The molecule has 0 spiro atoms. The van der Waals surface area contributed by atoms with Gasteiger partial charge in [-0.2, -0.15) is 0 Å². The second-order valence-corrected chi connectivity index (χ2v) is 6.85. The molecule has 2 amide bonds. The van der Waals surface area contributed by atoms with Crippen molar-refractivity contribution in [1.82, 2.24) is 4.90 Å². The predicted molar refractivity (Wildman–Crippen MR) is 103 cm³/mol. The van der Waals surface area contributed by atoms with E-state index in [4.69, 9.17) is 9.84 Å². The van der Waals surface area contributed by atoms with Crippen molar-refractivity contribution in [2.45, 2.75) is 19.8 Å². The minimum Gasteiger partial charge on any atom is -0.466 e. The van der Waals surface area contributed by atoms with Crippen LogP contribution in [0.15, 0.2) is 30.0 Å². The number of hydrogen-bond donors (Lipinski definition) is 2. The predicted octanol–water partition coefficient (Wildman–Crippen LogP) is 1.26. The number of aliphatic hydroxyl groups excluding tert-OH is 1. The van der Waals surface area contributed by atoms with Gasteiger partial charge in [-0.25, -0.2) is 4.39 Å². The Morgan fingerprint density at radius 3 is 2.69 bits per heavy atom. The first-order valence-electron chi connectivity index (χ1n) is 9.61. The number of hydrogen-bond acceptors (Lipinski definition) is 7. The maximum Gasteiger partial charge on any atom is 0.309 e. The van der Waals surface area contributed by atoms with E-state index in [9.17, 15) is 18.8 Å². The first kappa shape index (κ1) is 20.8. The summed E-state index contributed by atoms with van der Waals surface area (Å²) in [6, 6.07) is 4.56. The van der Waals surface area contributed by atoms with Crippen LogP contribution >= 0.6 is 0 Å². The van der Waals surface area contributed by atoms with Gasteiger partial charge in [-0.1, -0.05) is 6.07 Å². The zero-order valence-electron chi connectivity index (χ0n) is 16.2. The maximum atomic E-state index is 14.6. The van der Waals surface area contributed by atoms with Gasteiger partial charge < -0.3 is 20.1 Å². The number of carbonyl (C=O) groups is 3. The monoisotopic (exact) mass is 405 g/mol. The van der Waals surface area contributed by atoms with Crippen LogP contribution in [-0.2, 0) is 19.1 Å². The molecule has 2 aliphatic rings. The quantitative estimate of drug-likeness (QED) is 0.520. The molecule has 1 aromatic rings. The van der Waals surface area contributed by atoms with Crippen LogP contribution in [0.2, 0.25) is 0 Å². The highest BCUT2D eigenvalue weighted by atomic mass is 19.1. The number of nitrogens with zero attached hydrogens (tertiary/aromatic N) is 2. The van der Waals surface area contributed by atoms with Crippen LogP contribution in [0.4, 0.5) is 15.8 Å². The number of para-hydroxylation sites is 1. The number of amides is 2. The first-order chi connectivity index (χ1) is 14.0. The minimum atomic E-state index is -0.612. The van der Waals surface area contributed by atoms with Gasteiger partial charge in [-0.3, -0.25) is 19.3 Å². The molecule has 156 valence electrons. The molecule has 3 rings (SSSR count).